The van der Waals surface area contributed by atoms with E-state index in [1.54, 1.807) is 0 Å². The van der Waals surface area contributed by atoms with Crippen LogP contribution in [0.1, 0.15) is 10.4 Å². The van der Waals surface area contributed by atoms with Crippen molar-refractivity contribution < 1.29 is 13.2 Å². The fourth-order valence-corrected chi connectivity index (χ4v) is 3.57. The quantitative estimate of drug-likeness (QED) is 0.369. The lowest BCUT2D eigenvalue weighted by Gasteiger charge is -2.08. The van der Waals surface area contributed by atoms with Gasteiger partial charge in [-0.05, 0) is 48.5 Å². The molecule has 0 atom stereocenters. The van der Waals surface area contributed by atoms with Crippen molar-refractivity contribution in [2.75, 3.05) is 5.32 Å². The highest BCUT2D eigenvalue weighted by atomic mass is 35.5. The summed E-state index contributed by atoms with van der Waals surface area (Å²) in [7, 11) is -4.02. The van der Waals surface area contributed by atoms with Crippen LogP contribution in [0.5, 0.6) is 0 Å². The number of nitrogens with two attached hydrogens (primary N) is 2. The van der Waals surface area contributed by atoms with Gasteiger partial charge in [0.2, 0.25) is 5.96 Å². The minimum absolute atomic E-state index is 0.0380. The third kappa shape index (κ3) is 5.02. The number of rotatable bonds is 5. The average molecular weight is 481 g/mol. The Morgan fingerprint density at radius 2 is 1.65 bits per heavy atom. The van der Waals surface area contributed by atoms with E-state index in [1.165, 1.54) is 54.7 Å². The molecule has 0 spiro atoms. The molecular weight excluding hydrogens is 467 g/mol. The van der Waals surface area contributed by atoms with Gasteiger partial charge >= 0.3 is 0 Å². The normalized spacial score (nSPS) is 11.0. The highest BCUT2D eigenvalue weighted by molar-refractivity contribution is 7.90. The molecule has 1 amide bonds. The highest BCUT2D eigenvalue weighted by Gasteiger charge is 2.14. The topological polar surface area (TPSA) is 163 Å². The zero-order chi connectivity index (χ0) is 22.8. The molecule has 0 aliphatic carbocycles. The molecule has 0 unspecified atom stereocenters. The molecule has 0 saturated carbocycles. The molecule has 3 aromatic rings. The molecule has 1 heterocycles. The maximum Gasteiger partial charge on any atom is 0.291 e. The number of benzene rings is 2. The minimum Gasteiger partial charge on any atom is -0.369 e. The molecule has 160 valence electrons. The van der Waals surface area contributed by atoms with E-state index in [-0.39, 0.29) is 20.5 Å². The number of nitrogens with zero attached hydrogens (tertiary/aromatic N) is 3. The van der Waals surface area contributed by atoms with Gasteiger partial charge in [0.1, 0.15) is 5.02 Å². The second-order valence-electron chi connectivity index (χ2n) is 6.04. The Bertz CT molecular complexity index is 1330. The number of halogens is 2. The lowest BCUT2D eigenvalue weighted by molar-refractivity contribution is 0.102. The molecule has 2 aromatic carbocycles. The fourth-order valence-electron chi connectivity index (χ4n) is 2.46. The number of sulfonamides is 1. The van der Waals surface area contributed by atoms with Crippen LogP contribution >= 0.6 is 23.2 Å². The molecule has 0 fully saturated rings. The summed E-state index contributed by atoms with van der Waals surface area (Å²) in [5, 5.41) is 6.41. The number of hydrogen-bond donors (Lipinski definition) is 3. The van der Waals surface area contributed by atoms with E-state index < -0.39 is 27.4 Å². The van der Waals surface area contributed by atoms with Gasteiger partial charge in [0.15, 0.2) is 0 Å². The van der Waals surface area contributed by atoms with Crippen LogP contribution in [0.25, 0.3) is 5.69 Å². The lowest BCUT2D eigenvalue weighted by Crippen LogP contribution is -2.24. The first-order valence-electron chi connectivity index (χ1n) is 8.39. The van der Waals surface area contributed by atoms with Crippen LogP contribution in [0, 0.1) is 0 Å². The predicted molar refractivity (Wildman–Crippen MR) is 117 cm³/mol. The number of aromatic nitrogens is 2. The maximum atomic E-state index is 12.4. The molecule has 13 heteroatoms. The Morgan fingerprint density at radius 1 is 1.03 bits per heavy atom. The van der Waals surface area contributed by atoms with E-state index in [2.05, 4.69) is 14.8 Å². The Balaban J connectivity index is 1.77. The molecule has 1 aromatic heterocycles. The molecule has 31 heavy (non-hydrogen) atoms. The second kappa shape index (κ2) is 8.76. The molecule has 0 saturated heterocycles. The third-order valence-electron chi connectivity index (χ3n) is 3.89. The van der Waals surface area contributed by atoms with Crippen molar-refractivity contribution in [3.63, 3.8) is 0 Å². The van der Waals surface area contributed by atoms with E-state index in [0.717, 1.165) is 4.68 Å². The number of guanidine groups is 1. The number of hydrogen-bond acceptors (Lipinski definition) is 5. The Kier molecular flexibility index (Phi) is 6.29. The van der Waals surface area contributed by atoms with Crippen molar-refractivity contribution in [2.24, 2.45) is 15.9 Å². The highest BCUT2D eigenvalue weighted by Crippen LogP contribution is 2.18. The van der Waals surface area contributed by atoms with Crippen molar-refractivity contribution in [2.45, 2.75) is 4.90 Å². The third-order valence-corrected chi connectivity index (χ3v) is 5.95. The summed E-state index contributed by atoms with van der Waals surface area (Å²) < 4.78 is 28.1. The molecule has 0 radical (unpaired) electrons. The predicted octanol–water partition coefficient (Wildman–Crippen LogP) is 1.75. The molecule has 0 bridgehead atoms. The smallest absolute Gasteiger partial charge is 0.291 e. The summed E-state index contributed by atoms with van der Waals surface area (Å²) >= 11 is 11.6. The lowest BCUT2D eigenvalue weighted by atomic mass is 10.2. The van der Waals surface area contributed by atoms with E-state index in [9.17, 15) is 18.0 Å². The summed E-state index contributed by atoms with van der Waals surface area (Å²) in [5.74, 6) is -1.04. The van der Waals surface area contributed by atoms with E-state index in [1.807, 2.05) is 0 Å². The van der Waals surface area contributed by atoms with Gasteiger partial charge in [-0.15, -0.1) is 4.40 Å². The van der Waals surface area contributed by atoms with E-state index >= 15 is 0 Å². The van der Waals surface area contributed by atoms with Crippen LogP contribution in [0.15, 0.2) is 68.8 Å². The summed E-state index contributed by atoms with van der Waals surface area (Å²) in [6.07, 6.45) is 1.24. The molecule has 3 rings (SSSR count). The van der Waals surface area contributed by atoms with Crippen molar-refractivity contribution in [1.29, 1.82) is 0 Å². The number of anilines is 1. The first kappa shape index (κ1) is 22.3. The van der Waals surface area contributed by atoms with Gasteiger partial charge in [0.05, 0.1) is 21.8 Å². The minimum atomic E-state index is -4.02. The Labute approximate surface area is 186 Å². The number of nitrogens with one attached hydrogen (secondary N) is 1. The van der Waals surface area contributed by atoms with Gasteiger partial charge in [-0.25, -0.2) is 0 Å². The van der Waals surface area contributed by atoms with E-state index in [4.69, 9.17) is 34.7 Å². The fraction of sp³-hybridized carbons (Fsp3) is 0. The summed E-state index contributed by atoms with van der Waals surface area (Å²) in [5.41, 5.74) is 10.6. The zero-order valence-corrected chi connectivity index (χ0v) is 17.8. The van der Waals surface area contributed by atoms with Crippen LogP contribution in [-0.4, -0.2) is 30.1 Å². The van der Waals surface area contributed by atoms with Gasteiger partial charge in [-0.1, -0.05) is 23.2 Å². The molecular formula is C18H14Cl2N6O4S. The van der Waals surface area contributed by atoms with Crippen molar-refractivity contribution in [1.82, 2.24) is 9.78 Å². The first-order valence-corrected chi connectivity index (χ1v) is 10.6. The van der Waals surface area contributed by atoms with Gasteiger partial charge < -0.3 is 16.8 Å². The Hall–Kier alpha value is -3.41. The van der Waals surface area contributed by atoms with Crippen LogP contribution in [-0.2, 0) is 10.0 Å². The van der Waals surface area contributed by atoms with Crippen LogP contribution in [0.4, 0.5) is 5.69 Å². The van der Waals surface area contributed by atoms with Gasteiger partial charge in [0.25, 0.3) is 21.5 Å². The summed E-state index contributed by atoms with van der Waals surface area (Å²) in [4.78, 5) is 24.5. The largest absolute Gasteiger partial charge is 0.369 e. The Morgan fingerprint density at radius 3 is 2.23 bits per heavy atom. The second-order valence-corrected chi connectivity index (χ2v) is 8.43. The number of amides is 1. The van der Waals surface area contributed by atoms with Crippen molar-refractivity contribution in [3.8, 4) is 5.69 Å². The average Bonchev–Trinajstić information content (AvgIpc) is 2.72. The first-order chi connectivity index (χ1) is 14.6. The standard InChI is InChI=1S/C18H14Cl2N6O4S/c19-14-9-23-26(17(28)15(14)20)12-5-1-10(2-6-12)16(27)24-11-3-7-13(8-4-11)31(29,30)25-18(21)22/h1-9H,(H,24,27)(H4,21,22,25). The molecule has 0 aliphatic heterocycles. The molecule has 5 N–H and O–H groups in total. The molecule has 10 nitrogen and oxygen atoms in total. The van der Waals surface area contributed by atoms with Crippen molar-refractivity contribution >= 4 is 50.8 Å². The zero-order valence-electron chi connectivity index (χ0n) is 15.5. The van der Waals surface area contributed by atoms with Crippen LogP contribution in [0.2, 0.25) is 10.0 Å². The van der Waals surface area contributed by atoms with Crippen molar-refractivity contribution in [3.05, 3.63) is 80.7 Å². The summed E-state index contributed by atoms with van der Waals surface area (Å²) in [6, 6.07) is 11.3. The van der Waals surface area contributed by atoms with Crippen LogP contribution < -0.4 is 22.3 Å². The van der Waals surface area contributed by atoms with Gasteiger partial charge in [-0.3, -0.25) is 9.59 Å². The SMILES string of the molecule is NC(N)=NS(=O)(=O)c1ccc(NC(=O)c2ccc(-n3ncc(Cl)c(Cl)c3=O)cc2)cc1. The monoisotopic (exact) mass is 480 g/mol. The van der Waals surface area contributed by atoms with Gasteiger partial charge in [0, 0.05) is 11.3 Å². The molecule has 0 aliphatic rings. The maximum absolute atomic E-state index is 12.4. The number of carbonyl (C=O) groups excluding carboxylic acids is 1. The van der Waals surface area contributed by atoms with Crippen LogP contribution in [0.3, 0.4) is 0 Å². The summed E-state index contributed by atoms with van der Waals surface area (Å²) in [6.45, 7) is 0. The number of carbonyl (C=O) groups is 1. The van der Waals surface area contributed by atoms with E-state index in [0.29, 0.717) is 11.4 Å². The van der Waals surface area contributed by atoms with Gasteiger partial charge in [-0.2, -0.15) is 18.2 Å².